The molecule has 25 heteroatoms. The Balaban J connectivity index is 1.69. The molecule has 0 bridgehead atoms. The molecule has 1 aromatic heterocycles. The second-order valence-electron chi connectivity index (χ2n) is 15.9. The monoisotopic (exact) mass is 962 g/mol. The fourth-order valence-electron chi connectivity index (χ4n) is 6.48. The standard InChI is InChI=1S/C44H58N12O13/c1-23(39(64)50-24(2)40(65)55-33(17-26-7-5-4-6-8-26)44(69)54-30(38(46)63)14-16-37(61)62)51-43(68)34(19-28-20-47-22-49-28)53-36(60)21-48-41(66)32(18-27-9-11-29(58)12-10-27)56-42(67)31(52-25(3)57)13-15-35(45)59/h4-12,20,22-24,30-34,58H,13-19,21H2,1-3H3,(H2,45,59)(H2,46,63)(H,47,49)(H,48,66)(H,50,64)(H,51,68)(H,52,57)(H,53,60)(H,54,69)(H,55,65)(H,56,67)(H,61,62)/t23-,24-,30-,31-,32-,33-,34-/m0/s1. The number of aromatic hydroxyl groups is 1. The van der Waals surface area contributed by atoms with Crippen molar-refractivity contribution in [2.24, 2.45) is 11.5 Å². The van der Waals surface area contributed by atoms with E-state index in [9.17, 15) is 57.8 Å². The molecule has 69 heavy (non-hydrogen) atoms. The van der Waals surface area contributed by atoms with Gasteiger partial charge in [0, 0.05) is 50.9 Å². The third-order valence-electron chi connectivity index (χ3n) is 10.2. The number of carboxylic acid groups (broad SMARTS) is 1. The summed E-state index contributed by atoms with van der Waals surface area (Å²) in [5.74, 6) is -9.61. The first-order valence-corrected chi connectivity index (χ1v) is 21.6. The Hall–Kier alpha value is -8.38. The average molecular weight is 963 g/mol. The first kappa shape index (κ1) is 55.0. The number of imidazole rings is 1. The van der Waals surface area contributed by atoms with Crippen molar-refractivity contribution in [1.29, 1.82) is 0 Å². The largest absolute Gasteiger partial charge is 0.508 e. The van der Waals surface area contributed by atoms with Gasteiger partial charge < -0.3 is 69.2 Å². The van der Waals surface area contributed by atoms with Gasteiger partial charge in [-0.15, -0.1) is 0 Å². The van der Waals surface area contributed by atoms with E-state index in [1.807, 2.05) is 0 Å². The molecule has 0 saturated carbocycles. The van der Waals surface area contributed by atoms with E-state index < -0.39 is 120 Å². The zero-order valence-electron chi connectivity index (χ0n) is 38.0. The number of rotatable bonds is 28. The molecule has 3 aromatic rings. The molecule has 0 radical (unpaired) electrons. The third kappa shape index (κ3) is 19.9. The van der Waals surface area contributed by atoms with Crippen LogP contribution < -0.4 is 54.0 Å². The number of hydrogen-bond donors (Lipinski definition) is 13. The number of hydrogen-bond acceptors (Lipinski definition) is 13. The summed E-state index contributed by atoms with van der Waals surface area (Å²) in [4.78, 5) is 147. The van der Waals surface area contributed by atoms with Gasteiger partial charge in [0.05, 0.1) is 12.9 Å². The van der Waals surface area contributed by atoms with E-state index in [-0.39, 0.29) is 44.3 Å². The smallest absolute Gasteiger partial charge is 0.303 e. The lowest BCUT2D eigenvalue weighted by Crippen LogP contribution is -2.58. The van der Waals surface area contributed by atoms with Crippen LogP contribution >= 0.6 is 0 Å². The van der Waals surface area contributed by atoms with Crippen LogP contribution in [0.4, 0.5) is 0 Å². The highest BCUT2D eigenvalue weighted by Gasteiger charge is 2.32. The van der Waals surface area contributed by atoms with Crippen molar-refractivity contribution in [3.8, 4) is 5.75 Å². The van der Waals surface area contributed by atoms with Crippen LogP contribution in [0, 0.1) is 0 Å². The highest BCUT2D eigenvalue weighted by atomic mass is 16.4. The summed E-state index contributed by atoms with van der Waals surface area (Å²) in [6.45, 7) is 3.03. The molecule has 3 rings (SSSR count). The number of carboxylic acids is 1. The molecule has 15 N–H and O–H groups in total. The first-order valence-electron chi connectivity index (χ1n) is 21.6. The van der Waals surface area contributed by atoms with Gasteiger partial charge in [0.25, 0.3) is 0 Å². The van der Waals surface area contributed by atoms with Crippen molar-refractivity contribution in [2.75, 3.05) is 6.54 Å². The van der Waals surface area contributed by atoms with Gasteiger partial charge in [-0.1, -0.05) is 42.5 Å². The molecule has 0 aliphatic carbocycles. The van der Waals surface area contributed by atoms with Gasteiger partial charge in [-0.2, -0.15) is 0 Å². The van der Waals surface area contributed by atoms with E-state index in [4.69, 9.17) is 16.6 Å². The van der Waals surface area contributed by atoms with Crippen LogP contribution in [0.5, 0.6) is 5.75 Å². The van der Waals surface area contributed by atoms with Crippen LogP contribution in [0.25, 0.3) is 0 Å². The van der Waals surface area contributed by atoms with Crippen LogP contribution in [0.2, 0.25) is 0 Å². The predicted molar refractivity (Wildman–Crippen MR) is 242 cm³/mol. The number of aromatic nitrogens is 2. The Morgan fingerprint density at radius 3 is 1.67 bits per heavy atom. The predicted octanol–water partition coefficient (Wildman–Crippen LogP) is -3.67. The number of aliphatic carboxylic acids is 1. The van der Waals surface area contributed by atoms with Crippen molar-refractivity contribution in [2.45, 2.75) is 108 Å². The molecule has 10 amide bonds. The van der Waals surface area contributed by atoms with E-state index in [0.717, 1.165) is 6.92 Å². The normalized spacial score (nSPS) is 13.8. The molecular weight excluding hydrogens is 905 g/mol. The number of primary amides is 2. The molecular formula is C44H58N12O13. The molecule has 2 aromatic carbocycles. The Morgan fingerprint density at radius 2 is 1.10 bits per heavy atom. The minimum absolute atomic E-state index is 0.0677. The van der Waals surface area contributed by atoms with Crippen LogP contribution in [-0.2, 0) is 72.0 Å². The van der Waals surface area contributed by atoms with Crippen LogP contribution in [-0.4, -0.2) is 134 Å². The number of nitrogens with zero attached hydrogens (tertiary/aromatic N) is 1. The molecule has 0 spiro atoms. The van der Waals surface area contributed by atoms with E-state index in [2.05, 4.69) is 52.5 Å². The quantitative estimate of drug-likeness (QED) is 0.0334. The number of H-pyrrole nitrogens is 1. The number of aromatic amines is 1. The van der Waals surface area contributed by atoms with Gasteiger partial charge in [0.15, 0.2) is 0 Å². The Bertz CT molecular complexity index is 2290. The van der Waals surface area contributed by atoms with Gasteiger partial charge >= 0.3 is 5.97 Å². The van der Waals surface area contributed by atoms with Crippen molar-refractivity contribution in [1.82, 2.24) is 52.5 Å². The molecule has 0 saturated heterocycles. The van der Waals surface area contributed by atoms with Crippen molar-refractivity contribution in [3.63, 3.8) is 0 Å². The van der Waals surface area contributed by atoms with Crippen LogP contribution in [0.15, 0.2) is 67.1 Å². The van der Waals surface area contributed by atoms with Gasteiger partial charge in [0.2, 0.25) is 59.1 Å². The van der Waals surface area contributed by atoms with Gasteiger partial charge in [0.1, 0.15) is 48.0 Å². The second-order valence-corrected chi connectivity index (χ2v) is 15.9. The summed E-state index contributed by atoms with van der Waals surface area (Å²) in [7, 11) is 0. The minimum atomic E-state index is -1.38. The molecule has 1 heterocycles. The lowest BCUT2D eigenvalue weighted by molar-refractivity contribution is -0.138. The summed E-state index contributed by atoms with van der Waals surface area (Å²) in [5, 5.41) is 38.4. The number of amides is 10. The molecule has 0 fully saturated rings. The van der Waals surface area contributed by atoms with Crippen LogP contribution in [0.1, 0.15) is 63.3 Å². The van der Waals surface area contributed by atoms with Gasteiger partial charge in [-0.25, -0.2) is 4.98 Å². The SMILES string of the molecule is CC(=O)N[C@@H](CCC(N)=O)C(=O)N[C@@H](Cc1ccc(O)cc1)C(=O)NCC(=O)N[C@@H](Cc1cnc[nH]1)C(=O)N[C@@H](C)C(=O)N[C@@H](C)C(=O)N[C@@H](Cc1ccccc1)C(=O)N[C@@H](CCC(=O)O)C(N)=O. The Morgan fingerprint density at radius 1 is 0.594 bits per heavy atom. The average Bonchev–Trinajstić information content (AvgIpc) is 3.81. The lowest BCUT2D eigenvalue weighted by Gasteiger charge is -2.25. The lowest BCUT2D eigenvalue weighted by atomic mass is 10.0. The highest BCUT2D eigenvalue weighted by molar-refractivity contribution is 5.97. The number of phenolic OH excluding ortho intramolecular Hbond substituents is 1. The minimum Gasteiger partial charge on any atom is -0.508 e. The summed E-state index contributed by atoms with van der Waals surface area (Å²) >= 11 is 0. The molecule has 0 unspecified atom stereocenters. The molecule has 25 nitrogen and oxygen atoms in total. The zero-order valence-corrected chi connectivity index (χ0v) is 38.0. The van der Waals surface area contributed by atoms with Crippen molar-refractivity contribution >= 4 is 65.0 Å². The maximum absolute atomic E-state index is 13.6. The summed E-state index contributed by atoms with van der Waals surface area (Å²) in [6.07, 6.45) is 1.09. The molecule has 0 aliphatic rings. The maximum atomic E-state index is 13.6. The fraction of sp³-hybridized carbons (Fsp3) is 0.409. The fourth-order valence-corrected chi connectivity index (χ4v) is 6.48. The maximum Gasteiger partial charge on any atom is 0.303 e. The number of carbonyl (C=O) groups excluding carboxylic acids is 10. The van der Waals surface area contributed by atoms with Crippen molar-refractivity contribution < 1.29 is 63.0 Å². The zero-order chi connectivity index (χ0) is 51.2. The topological polar surface area (TPSA) is 405 Å². The van der Waals surface area contributed by atoms with Crippen molar-refractivity contribution in [3.05, 3.63) is 83.9 Å². The number of benzene rings is 2. The van der Waals surface area contributed by atoms with Gasteiger partial charge in [-0.3, -0.25) is 52.7 Å². The number of nitrogens with two attached hydrogens (primary N) is 2. The van der Waals surface area contributed by atoms with Gasteiger partial charge in [-0.05, 0) is 49.9 Å². The van der Waals surface area contributed by atoms with Crippen LogP contribution in [0.3, 0.4) is 0 Å². The first-order chi connectivity index (χ1) is 32.6. The number of nitrogens with one attached hydrogen (secondary N) is 9. The molecule has 7 atom stereocenters. The van der Waals surface area contributed by atoms with E-state index >= 15 is 0 Å². The highest BCUT2D eigenvalue weighted by Crippen LogP contribution is 2.13. The Labute approximate surface area is 395 Å². The number of phenols is 1. The molecule has 0 aliphatic heterocycles. The second kappa shape index (κ2) is 27.3. The Kier molecular flexibility index (Phi) is 21.7. The third-order valence-corrected chi connectivity index (χ3v) is 10.2. The summed E-state index contributed by atoms with van der Waals surface area (Å²) in [5.41, 5.74) is 12.1. The summed E-state index contributed by atoms with van der Waals surface area (Å²) < 4.78 is 0. The van der Waals surface area contributed by atoms with E-state index in [0.29, 0.717) is 16.8 Å². The van der Waals surface area contributed by atoms with E-state index in [1.165, 1.54) is 50.6 Å². The van der Waals surface area contributed by atoms with E-state index in [1.54, 1.807) is 30.3 Å². The summed E-state index contributed by atoms with van der Waals surface area (Å²) in [6, 6.07) is 4.88. The molecule has 372 valence electrons. The number of carbonyl (C=O) groups is 11.